The third-order valence-corrected chi connectivity index (χ3v) is 6.41. The molecule has 0 nitrogen and oxygen atoms in total. The van der Waals surface area contributed by atoms with Crippen LogP contribution in [-0.4, -0.2) is 0 Å². The van der Waals surface area contributed by atoms with Gasteiger partial charge in [-0.25, -0.2) is 0 Å². The summed E-state index contributed by atoms with van der Waals surface area (Å²) in [5.41, 5.74) is 1.52. The zero-order chi connectivity index (χ0) is 18.5. The Morgan fingerprint density at radius 2 is 1.19 bits per heavy atom. The lowest BCUT2D eigenvalue weighted by Crippen LogP contribution is -1.94. The zero-order valence-electron chi connectivity index (χ0n) is 15.9. The zero-order valence-corrected chi connectivity index (χ0v) is 16.8. The monoisotopic (exact) mass is 370 g/mol. The first-order valence-electron chi connectivity index (χ1n) is 10.0. The van der Waals surface area contributed by atoms with E-state index < -0.39 is 0 Å². The normalized spacial score (nSPS) is 11.3. The molecule has 0 bridgehead atoms. The minimum absolute atomic E-state index is 1.15. The Morgan fingerprint density at radius 3 is 1.89 bits per heavy atom. The maximum absolute atomic E-state index is 2.31. The average Bonchev–Trinajstić information content (AvgIpc) is 2.73. The quantitative estimate of drug-likeness (QED) is 0.233. The molecule has 27 heavy (non-hydrogen) atoms. The number of benzene rings is 4. The summed E-state index contributed by atoms with van der Waals surface area (Å²) in [6, 6.07) is 28.6. The summed E-state index contributed by atoms with van der Waals surface area (Å²) in [5.74, 6) is 0. The fourth-order valence-electron chi connectivity index (χ4n) is 3.88. The Labute approximate surface area is 166 Å². The molecular weight excluding hydrogens is 344 g/mol. The Bertz CT molecular complexity index is 1030. The van der Waals surface area contributed by atoms with E-state index in [1.807, 2.05) is 11.8 Å². The number of rotatable bonds is 7. The van der Waals surface area contributed by atoms with E-state index in [0.29, 0.717) is 0 Å². The summed E-state index contributed by atoms with van der Waals surface area (Å²) in [7, 11) is 0. The SMILES string of the molecule is CCCCCCc1c(Sc2ccccc2)c2ccccc2c2ccccc12. The van der Waals surface area contributed by atoms with Crippen molar-refractivity contribution in [1.82, 2.24) is 0 Å². The van der Waals surface area contributed by atoms with Crippen molar-refractivity contribution in [3.63, 3.8) is 0 Å². The highest BCUT2D eigenvalue weighted by Gasteiger charge is 2.15. The second-order valence-corrected chi connectivity index (χ2v) is 8.21. The van der Waals surface area contributed by atoms with Crippen molar-refractivity contribution < 1.29 is 0 Å². The van der Waals surface area contributed by atoms with Crippen LogP contribution in [0.15, 0.2) is 88.7 Å². The Balaban J connectivity index is 1.90. The van der Waals surface area contributed by atoms with E-state index >= 15 is 0 Å². The van der Waals surface area contributed by atoms with Crippen LogP contribution in [0.25, 0.3) is 21.5 Å². The summed E-state index contributed by atoms with van der Waals surface area (Å²) in [6.45, 7) is 2.28. The third-order valence-electron chi connectivity index (χ3n) is 5.23. The van der Waals surface area contributed by atoms with Gasteiger partial charge in [0.1, 0.15) is 0 Å². The lowest BCUT2D eigenvalue weighted by molar-refractivity contribution is 0.665. The second-order valence-electron chi connectivity index (χ2n) is 7.12. The van der Waals surface area contributed by atoms with E-state index in [1.165, 1.54) is 62.6 Å². The molecule has 0 radical (unpaired) electrons. The van der Waals surface area contributed by atoms with E-state index in [9.17, 15) is 0 Å². The maximum Gasteiger partial charge on any atom is 0.0239 e. The van der Waals surface area contributed by atoms with Crippen molar-refractivity contribution in [2.45, 2.75) is 48.8 Å². The summed E-state index contributed by atoms with van der Waals surface area (Å²) in [4.78, 5) is 2.75. The van der Waals surface area contributed by atoms with Gasteiger partial charge in [-0.3, -0.25) is 0 Å². The number of hydrogen-bond donors (Lipinski definition) is 0. The molecule has 0 amide bonds. The number of unbranched alkanes of at least 4 members (excludes halogenated alkanes) is 3. The van der Waals surface area contributed by atoms with Gasteiger partial charge < -0.3 is 0 Å². The van der Waals surface area contributed by atoms with Crippen LogP contribution < -0.4 is 0 Å². The molecule has 0 saturated carbocycles. The summed E-state index contributed by atoms with van der Waals surface area (Å²) < 4.78 is 0. The molecule has 1 heteroatoms. The molecular formula is C26H26S. The van der Waals surface area contributed by atoms with Gasteiger partial charge >= 0.3 is 0 Å². The third kappa shape index (κ3) is 3.89. The van der Waals surface area contributed by atoms with Gasteiger partial charge in [0.15, 0.2) is 0 Å². The van der Waals surface area contributed by atoms with E-state index in [1.54, 1.807) is 0 Å². The molecule has 0 aliphatic heterocycles. The van der Waals surface area contributed by atoms with Crippen LogP contribution in [-0.2, 0) is 6.42 Å². The van der Waals surface area contributed by atoms with Crippen LogP contribution in [0.4, 0.5) is 0 Å². The molecule has 4 aromatic carbocycles. The minimum Gasteiger partial charge on any atom is -0.0891 e. The van der Waals surface area contributed by atoms with Gasteiger partial charge in [0.25, 0.3) is 0 Å². The molecule has 0 atom stereocenters. The Morgan fingerprint density at radius 1 is 0.593 bits per heavy atom. The van der Waals surface area contributed by atoms with Gasteiger partial charge in [0, 0.05) is 9.79 Å². The van der Waals surface area contributed by atoms with Crippen LogP contribution in [0.5, 0.6) is 0 Å². The Kier molecular flexibility index (Phi) is 5.79. The van der Waals surface area contributed by atoms with Gasteiger partial charge in [-0.2, -0.15) is 0 Å². The van der Waals surface area contributed by atoms with Crippen LogP contribution in [0.3, 0.4) is 0 Å². The van der Waals surface area contributed by atoms with Crippen molar-refractivity contribution in [2.24, 2.45) is 0 Å². The molecule has 136 valence electrons. The minimum atomic E-state index is 1.15. The van der Waals surface area contributed by atoms with E-state index in [4.69, 9.17) is 0 Å². The average molecular weight is 371 g/mol. The summed E-state index contributed by atoms with van der Waals surface area (Å²) >= 11 is 1.92. The van der Waals surface area contributed by atoms with Gasteiger partial charge in [0.2, 0.25) is 0 Å². The first kappa shape index (κ1) is 18.1. The predicted octanol–water partition coefficient (Wildman–Crippen LogP) is 8.27. The topological polar surface area (TPSA) is 0 Å². The smallest absolute Gasteiger partial charge is 0.0239 e. The molecule has 0 unspecified atom stereocenters. The Hall–Kier alpha value is -2.25. The van der Waals surface area contributed by atoms with Crippen molar-refractivity contribution in [3.8, 4) is 0 Å². The molecule has 0 aliphatic carbocycles. The second kappa shape index (κ2) is 8.63. The lowest BCUT2D eigenvalue weighted by atomic mass is 9.94. The van der Waals surface area contributed by atoms with Gasteiger partial charge in [-0.1, -0.05) is 105 Å². The molecule has 0 saturated heterocycles. The molecule has 0 N–H and O–H groups in total. The van der Waals surface area contributed by atoms with E-state index in [-0.39, 0.29) is 0 Å². The first-order chi connectivity index (χ1) is 13.4. The standard InChI is InChI=1S/C26H26S/c1-2-3-4-8-18-24-22-16-10-9-15-21(22)23-17-11-12-19-25(23)26(24)27-20-13-6-5-7-14-20/h5-7,9-17,19H,2-4,8,18H2,1H3. The van der Waals surface area contributed by atoms with Gasteiger partial charge in [0.05, 0.1) is 0 Å². The number of fused-ring (bicyclic) bond motifs is 3. The highest BCUT2D eigenvalue weighted by atomic mass is 32.2. The van der Waals surface area contributed by atoms with E-state index in [0.717, 1.165) is 6.42 Å². The maximum atomic E-state index is 2.31. The predicted molar refractivity (Wildman–Crippen MR) is 120 cm³/mol. The van der Waals surface area contributed by atoms with Gasteiger partial charge in [-0.05, 0) is 52.1 Å². The number of aryl methyl sites for hydroxylation is 1. The molecule has 0 fully saturated rings. The molecule has 4 rings (SSSR count). The van der Waals surface area contributed by atoms with Crippen molar-refractivity contribution in [2.75, 3.05) is 0 Å². The van der Waals surface area contributed by atoms with E-state index in [2.05, 4.69) is 85.8 Å². The summed E-state index contributed by atoms with van der Waals surface area (Å²) in [5, 5.41) is 5.56. The van der Waals surface area contributed by atoms with Crippen LogP contribution >= 0.6 is 11.8 Å². The lowest BCUT2D eigenvalue weighted by Gasteiger charge is -2.17. The highest BCUT2D eigenvalue weighted by Crippen LogP contribution is 2.42. The van der Waals surface area contributed by atoms with Crippen LogP contribution in [0, 0.1) is 0 Å². The highest BCUT2D eigenvalue weighted by molar-refractivity contribution is 7.99. The first-order valence-corrected chi connectivity index (χ1v) is 10.9. The van der Waals surface area contributed by atoms with Gasteiger partial charge in [-0.15, -0.1) is 0 Å². The van der Waals surface area contributed by atoms with Crippen LogP contribution in [0.1, 0.15) is 38.2 Å². The molecule has 0 aliphatic rings. The summed E-state index contributed by atoms with van der Waals surface area (Å²) in [6.07, 6.45) is 6.34. The molecule has 0 spiro atoms. The largest absolute Gasteiger partial charge is 0.0891 e. The fourth-order valence-corrected chi connectivity index (χ4v) is 5.03. The molecule has 4 aromatic rings. The van der Waals surface area contributed by atoms with Crippen LogP contribution in [0.2, 0.25) is 0 Å². The van der Waals surface area contributed by atoms with Crippen molar-refractivity contribution >= 4 is 33.3 Å². The fraction of sp³-hybridized carbons (Fsp3) is 0.231. The van der Waals surface area contributed by atoms with Crippen molar-refractivity contribution in [1.29, 1.82) is 0 Å². The van der Waals surface area contributed by atoms with Crippen molar-refractivity contribution in [3.05, 3.63) is 84.4 Å². The number of hydrogen-bond acceptors (Lipinski definition) is 1. The molecule has 0 aromatic heterocycles. The molecule has 0 heterocycles.